The molecule has 30 heavy (non-hydrogen) atoms. The molecule has 0 saturated heterocycles. The minimum absolute atomic E-state index is 1.02. The van der Waals surface area contributed by atoms with Crippen LogP contribution in [0.5, 0.6) is 0 Å². The Labute approximate surface area is 190 Å². The van der Waals surface area contributed by atoms with Crippen LogP contribution in [-0.4, -0.2) is 15.4 Å². The van der Waals surface area contributed by atoms with E-state index in [-0.39, 0.29) is 0 Å². The summed E-state index contributed by atoms with van der Waals surface area (Å²) in [5, 5.41) is 0. The van der Waals surface area contributed by atoms with E-state index in [0.29, 0.717) is 0 Å². The molecule has 3 saturated carbocycles. The first kappa shape index (κ1) is 24.8. The molecule has 2 heteroatoms. The average Bonchev–Trinajstić information content (AvgIpc) is 3.30. The lowest BCUT2D eigenvalue weighted by Crippen LogP contribution is -2.38. The average molecular weight is 435 g/mol. The molecule has 0 N–H and O–H groups in total. The van der Waals surface area contributed by atoms with E-state index < -0.39 is 8.32 Å². The lowest BCUT2D eigenvalue weighted by atomic mass is 9.97. The predicted octanol–water partition coefficient (Wildman–Crippen LogP) is 9.66. The highest BCUT2D eigenvalue weighted by molar-refractivity contribution is 6.73. The third-order valence-electron chi connectivity index (χ3n) is 9.38. The first-order valence-electron chi connectivity index (χ1n) is 14.3. The highest BCUT2D eigenvalue weighted by Gasteiger charge is 2.35. The monoisotopic (exact) mass is 434 g/mol. The molecular formula is C28H54OSi. The van der Waals surface area contributed by atoms with E-state index in [9.17, 15) is 0 Å². The summed E-state index contributed by atoms with van der Waals surface area (Å²) in [5.74, 6) is 3.06. The molecule has 0 spiro atoms. The molecule has 0 bridgehead atoms. The zero-order valence-corrected chi connectivity index (χ0v) is 21.6. The third kappa shape index (κ3) is 8.97. The molecule has 0 amide bonds. The van der Waals surface area contributed by atoms with Crippen molar-refractivity contribution in [1.82, 2.24) is 0 Å². The van der Waals surface area contributed by atoms with Gasteiger partial charge in [0.2, 0.25) is 0 Å². The maximum Gasteiger partial charge on any atom is 0.192 e. The molecule has 3 aliphatic rings. The summed E-state index contributed by atoms with van der Waals surface area (Å²) in [6.45, 7) is 0. The van der Waals surface area contributed by atoms with Crippen LogP contribution < -0.4 is 0 Å². The Morgan fingerprint density at radius 2 is 0.733 bits per heavy atom. The van der Waals surface area contributed by atoms with Gasteiger partial charge >= 0.3 is 0 Å². The Hall–Kier alpha value is 0.177. The van der Waals surface area contributed by atoms with Crippen LogP contribution in [0.4, 0.5) is 0 Å². The van der Waals surface area contributed by atoms with Gasteiger partial charge in [-0.25, -0.2) is 0 Å². The van der Waals surface area contributed by atoms with Gasteiger partial charge in [0.25, 0.3) is 0 Å². The second kappa shape index (κ2) is 14.4. The van der Waals surface area contributed by atoms with E-state index in [1.807, 2.05) is 0 Å². The van der Waals surface area contributed by atoms with Crippen molar-refractivity contribution in [1.29, 1.82) is 0 Å². The van der Waals surface area contributed by atoms with Gasteiger partial charge in [0.15, 0.2) is 8.32 Å². The molecule has 1 nitrogen and oxygen atoms in total. The van der Waals surface area contributed by atoms with Crippen molar-refractivity contribution in [3.8, 4) is 0 Å². The Bertz CT molecular complexity index is 353. The van der Waals surface area contributed by atoms with Crippen LogP contribution in [0.2, 0.25) is 18.1 Å². The van der Waals surface area contributed by atoms with Crippen molar-refractivity contribution in [2.75, 3.05) is 7.11 Å². The largest absolute Gasteiger partial charge is 0.420 e. The fourth-order valence-corrected chi connectivity index (χ4v) is 11.2. The van der Waals surface area contributed by atoms with Crippen LogP contribution >= 0.6 is 0 Å². The molecule has 176 valence electrons. The van der Waals surface area contributed by atoms with Crippen molar-refractivity contribution in [2.45, 2.75) is 153 Å². The highest BCUT2D eigenvalue weighted by Crippen LogP contribution is 2.38. The van der Waals surface area contributed by atoms with Gasteiger partial charge in [0.05, 0.1) is 0 Å². The number of rotatable bonds is 10. The minimum atomic E-state index is -1.57. The SMILES string of the molecule is CO[Si](CCC1CCCCCC1)(CCC1CCCCCC1)CCC1CCCCCC1. The van der Waals surface area contributed by atoms with E-state index in [2.05, 4.69) is 7.11 Å². The normalized spacial score (nSPS) is 24.3. The summed E-state index contributed by atoms with van der Waals surface area (Å²) in [6.07, 6.45) is 31.5. The van der Waals surface area contributed by atoms with E-state index >= 15 is 0 Å². The molecule has 0 heterocycles. The summed E-state index contributed by atoms with van der Waals surface area (Å²) in [7, 11) is 0.554. The van der Waals surface area contributed by atoms with Crippen LogP contribution in [0, 0.1) is 17.8 Å². The maximum atomic E-state index is 6.64. The van der Waals surface area contributed by atoms with Crippen LogP contribution in [0.25, 0.3) is 0 Å². The van der Waals surface area contributed by atoms with Crippen molar-refractivity contribution in [3.05, 3.63) is 0 Å². The van der Waals surface area contributed by atoms with Crippen molar-refractivity contribution in [3.63, 3.8) is 0 Å². The first-order chi connectivity index (χ1) is 14.8. The summed E-state index contributed by atoms with van der Waals surface area (Å²) >= 11 is 0. The summed E-state index contributed by atoms with van der Waals surface area (Å²) in [5.41, 5.74) is 0. The van der Waals surface area contributed by atoms with E-state index in [1.54, 1.807) is 0 Å². The van der Waals surface area contributed by atoms with Crippen molar-refractivity contribution < 1.29 is 4.43 Å². The molecule has 3 rings (SSSR count). The van der Waals surface area contributed by atoms with Gasteiger partial charge in [-0.3, -0.25) is 0 Å². The predicted molar refractivity (Wildman–Crippen MR) is 135 cm³/mol. The number of hydrogen-bond donors (Lipinski definition) is 0. The molecule has 0 atom stereocenters. The summed E-state index contributed by atoms with van der Waals surface area (Å²) in [4.78, 5) is 0. The molecule has 0 unspecified atom stereocenters. The van der Waals surface area contributed by atoms with Crippen molar-refractivity contribution in [2.24, 2.45) is 17.8 Å². The molecular weight excluding hydrogens is 380 g/mol. The Kier molecular flexibility index (Phi) is 11.9. The molecule has 0 aromatic carbocycles. The molecule has 0 aliphatic heterocycles. The van der Waals surface area contributed by atoms with Crippen molar-refractivity contribution >= 4 is 8.32 Å². The topological polar surface area (TPSA) is 9.23 Å². The molecule has 3 fully saturated rings. The van der Waals surface area contributed by atoms with E-state index in [0.717, 1.165) is 17.8 Å². The van der Waals surface area contributed by atoms with Gasteiger partial charge in [-0.1, -0.05) is 135 Å². The summed E-state index contributed by atoms with van der Waals surface area (Å²) < 4.78 is 6.64. The highest BCUT2D eigenvalue weighted by atomic mass is 28.4. The lowest BCUT2D eigenvalue weighted by molar-refractivity contribution is 0.349. The minimum Gasteiger partial charge on any atom is -0.420 e. The van der Waals surface area contributed by atoms with Gasteiger partial charge in [0.1, 0.15) is 0 Å². The molecule has 3 aliphatic carbocycles. The standard InChI is InChI=1S/C28H54OSi/c1-29-30(23-20-26-14-8-2-3-9-15-26,24-21-27-16-10-4-5-11-17-27)25-22-28-18-12-6-7-13-19-28/h26-28H,2-25H2,1H3. The molecule has 0 aromatic rings. The van der Waals surface area contributed by atoms with Crippen LogP contribution in [0.15, 0.2) is 0 Å². The van der Waals surface area contributed by atoms with Gasteiger partial charge in [-0.05, 0) is 35.9 Å². The second-order valence-corrected chi connectivity index (χ2v) is 15.9. The fourth-order valence-electron chi connectivity index (χ4n) is 7.04. The lowest BCUT2D eigenvalue weighted by Gasteiger charge is -2.34. The third-order valence-corrected chi connectivity index (χ3v) is 13.8. The van der Waals surface area contributed by atoms with Crippen LogP contribution in [0.3, 0.4) is 0 Å². The van der Waals surface area contributed by atoms with Gasteiger partial charge in [-0.2, -0.15) is 0 Å². The first-order valence-corrected chi connectivity index (χ1v) is 16.9. The van der Waals surface area contributed by atoms with E-state index in [1.165, 1.54) is 153 Å². The Morgan fingerprint density at radius 1 is 0.467 bits per heavy atom. The molecule has 0 radical (unpaired) electrons. The zero-order valence-electron chi connectivity index (χ0n) is 20.6. The van der Waals surface area contributed by atoms with E-state index in [4.69, 9.17) is 4.43 Å². The van der Waals surface area contributed by atoms with Gasteiger partial charge in [0, 0.05) is 7.11 Å². The van der Waals surface area contributed by atoms with Crippen LogP contribution in [-0.2, 0) is 4.43 Å². The summed E-state index contributed by atoms with van der Waals surface area (Å²) in [6, 6.07) is 4.44. The van der Waals surface area contributed by atoms with Gasteiger partial charge < -0.3 is 4.43 Å². The quantitative estimate of drug-likeness (QED) is 0.245. The Balaban J connectivity index is 1.56. The fraction of sp³-hybridized carbons (Fsp3) is 1.00. The smallest absolute Gasteiger partial charge is 0.192 e. The zero-order chi connectivity index (χ0) is 20.9. The number of hydrogen-bond acceptors (Lipinski definition) is 1. The second-order valence-electron chi connectivity index (χ2n) is 11.6. The maximum absolute atomic E-state index is 6.64. The Morgan fingerprint density at radius 3 is 0.967 bits per heavy atom. The molecule has 0 aromatic heterocycles. The van der Waals surface area contributed by atoms with Crippen LogP contribution in [0.1, 0.15) is 135 Å². The van der Waals surface area contributed by atoms with Gasteiger partial charge in [-0.15, -0.1) is 0 Å².